The Labute approximate surface area is 200 Å². The van der Waals surface area contributed by atoms with Gasteiger partial charge in [0.15, 0.2) is 0 Å². The van der Waals surface area contributed by atoms with Crippen LogP contribution in [0, 0.1) is 5.92 Å². The van der Waals surface area contributed by atoms with E-state index >= 15 is 0 Å². The Balaban J connectivity index is 1.46. The molecule has 0 radical (unpaired) electrons. The van der Waals surface area contributed by atoms with E-state index in [4.69, 9.17) is 4.42 Å². The van der Waals surface area contributed by atoms with E-state index in [9.17, 15) is 9.59 Å². The number of carbonyl (C=O) groups is 2. The van der Waals surface area contributed by atoms with Gasteiger partial charge in [0.2, 0.25) is 5.91 Å². The lowest BCUT2D eigenvalue weighted by Crippen LogP contribution is -2.65. The van der Waals surface area contributed by atoms with Crippen LogP contribution in [0.15, 0.2) is 65.3 Å². The first kappa shape index (κ1) is 22.5. The van der Waals surface area contributed by atoms with Crippen LogP contribution in [0.2, 0.25) is 0 Å². The lowest BCUT2D eigenvalue weighted by atomic mass is 9.86. The van der Waals surface area contributed by atoms with Crippen molar-refractivity contribution in [2.75, 3.05) is 6.54 Å². The number of amides is 2. The molecule has 2 aromatic heterocycles. The lowest BCUT2D eigenvalue weighted by Gasteiger charge is -2.45. The van der Waals surface area contributed by atoms with Gasteiger partial charge in [0.25, 0.3) is 5.91 Å². The van der Waals surface area contributed by atoms with Crippen molar-refractivity contribution < 1.29 is 14.0 Å². The number of hydrogen-bond donors (Lipinski definition) is 1. The molecule has 2 amide bonds. The average Bonchev–Trinajstić information content (AvgIpc) is 3.51. The molecule has 1 unspecified atom stereocenters. The van der Waals surface area contributed by atoms with Gasteiger partial charge in [-0.3, -0.25) is 9.59 Å². The molecule has 1 fully saturated rings. The number of nitrogens with zero attached hydrogens (tertiary/aromatic N) is 2. The summed E-state index contributed by atoms with van der Waals surface area (Å²) in [4.78, 5) is 29.4. The minimum absolute atomic E-state index is 0.0711. The van der Waals surface area contributed by atoms with Gasteiger partial charge in [0.05, 0.1) is 18.5 Å². The minimum atomic E-state index is -0.998. The van der Waals surface area contributed by atoms with E-state index in [0.29, 0.717) is 36.9 Å². The molecule has 6 heteroatoms. The number of aromatic nitrogens is 1. The Kier molecular flexibility index (Phi) is 6.07. The topological polar surface area (TPSA) is 67.5 Å². The number of fused-ring (bicyclic) bond motifs is 1. The van der Waals surface area contributed by atoms with Crippen LogP contribution in [0.1, 0.15) is 55.6 Å². The Morgan fingerprint density at radius 1 is 1.03 bits per heavy atom. The van der Waals surface area contributed by atoms with E-state index in [2.05, 4.69) is 24.4 Å². The zero-order chi connectivity index (χ0) is 23.7. The van der Waals surface area contributed by atoms with Gasteiger partial charge in [-0.1, -0.05) is 37.3 Å². The van der Waals surface area contributed by atoms with Crippen LogP contribution >= 0.6 is 0 Å². The quantitative estimate of drug-likeness (QED) is 0.570. The SMILES string of the molecule is CC1CCC(NC(=O)C2(C)Cn3c(ccc3-c3ccco3)C(=O)N2CCc2ccccc2)CC1. The maximum Gasteiger partial charge on any atom is 0.271 e. The molecule has 0 spiro atoms. The van der Waals surface area contributed by atoms with Gasteiger partial charge in [-0.05, 0) is 74.8 Å². The molecule has 2 aliphatic rings. The van der Waals surface area contributed by atoms with E-state index < -0.39 is 5.54 Å². The van der Waals surface area contributed by atoms with Gasteiger partial charge < -0.3 is 19.2 Å². The first-order valence-electron chi connectivity index (χ1n) is 12.4. The molecule has 1 aliphatic carbocycles. The first-order valence-corrected chi connectivity index (χ1v) is 12.4. The Hall–Kier alpha value is -3.28. The summed E-state index contributed by atoms with van der Waals surface area (Å²) >= 11 is 0. The highest BCUT2D eigenvalue weighted by Crippen LogP contribution is 2.34. The number of rotatable bonds is 6. The molecule has 1 aliphatic heterocycles. The molecule has 0 bridgehead atoms. The third-order valence-electron chi connectivity index (χ3n) is 7.59. The predicted octanol–water partition coefficient (Wildman–Crippen LogP) is 4.90. The summed E-state index contributed by atoms with van der Waals surface area (Å²) < 4.78 is 7.57. The monoisotopic (exact) mass is 459 g/mol. The van der Waals surface area contributed by atoms with Crippen LogP contribution in [0.5, 0.6) is 0 Å². The van der Waals surface area contributed by atoms with Crippen molar-refractivity contribution in [1.29, 1.82) is 0 Å². The zero-order valence-electron chi connectivity index (χ0n) is 20.0. The summed E-state index contributed by atoms with van der Waals surface area (Å²) in [6.45, 7) is 5.05. The fourth-order valence-electron chi connectivity index (χ4n) is 5.39. The van der Waals surface area contributed by atoms with E-state index in [-0.39, 0.29) is 17.9 Å². The fraction of sp³-hybridized carbons (Fsp3) is 0.429. The molecule has 178 valence electrons. The maximum atomic E-state index is 13.8. The number of benzene rings is 1. The van der Waals surface area contributed by atoms with Crippen LogP contribution in [0.3, 0.4) is 0 Å². The first-order chi connectivity index (χ1) is 16.5. The second-order valence-electron chi connectivity index (χ2n) is 10.1. The number of hydrogen-bond acceptors (Lipinski definition) is 3. The van der Waals surface area contributed by atoms with Gasteiger partial charge in [-0.2, -0.15) is 0 Å². The molecule has 6 nitrogen and oxygen atoms in total. The summed E-state index contributed by atoms with van der Waals surface area (Å²) in [6, 6.07) is 17.8. The fourth-order valence-corrected chi connectivity index (χ4v) is 5.39. The molecule has 3 aromatic rings. The molecule has 34 heavy (non-hydrogen) atoms. The second-order valence-corrected chi connectivity index (χ2v) is 10.1. The van der Waals surface area contributed by atoms with Crippen molar-refractivity contribution in [2.24, 2.45) is 5.92 Å². The smallest absolute Gasteiger partial charge is 0.271 e. The van der Waals surface area contributed by atoms with Crippen molar-refractivity contribution in [3.8, 4) is 11.5 Å². The maximum absolute atomic E-state index is 13.8. The second kappa shape index (κ2) is 9.16. The van der Waals surface area contributed by atoms with Crippen molar-refractivity contribution in [1.82, 2.24) is 14.8 Å². The van der Waals surface area contributed by atoms with Crippen LogP contribution in [0.4, 0.5) is 0 Å². The van der Waals surface area contributed by atoms with E-state index in [0.717, 1.165) is 36.9 Å². The van der Waals surface area contributed by atoms with Gasteiger partial charge in [0, 0.05) is 12.6 Å². The number of carbonyl (C=O) groups excluding carboxylic acids is 2. The van der Waals surface area contributed by atoms with E-state index in [1.54, 1.807) is 11.2 Å². The van der Waals surface area contributed by atoms with Crippen molar-refractivity contribution in [2.45, 2.75) is 64.1 Å². The Bertz CT molecular complexity index is 1140. The molecule has 1 aromatic carbocycles. The summed E-state index contributed by atoms with van der Waals surface area (Å²) in [5.41, 5.74) is 1.57. The summed E-state index contributed by atoms with van der Waals surface area (Å²) in [5, 5.41) is 3.31. The Morgan fingerprint density at radius 3 is 2.47 bits per heavy atom. The molecule has 1 atom stereocenters. The van der Waals surface area contributed by atoms with Crippen LogP contribution < -0.4 is 5.32 Å². The van der Waals surface area contributed by atoms with Gasteiger partial charge >= 0.3 is 0 Å². The molecule has 5 rings (SSSR count). The molecule has 0 saturated heterocycles. The highest BCUT2D eigenvalue weighted by atomic mass is 16.3. The van der Waals surface area contributed by atoms with Gasteiger partial charge in [0.1, 0.15) is 17.0 Å². The van der Waals surface area contributed by atoms with Crippen molar-refractivity contribution >= 4 is 11.8 Å². The largest absolute Gasteiger partial charge is 0.463 e. The third-order valence-corrected chi connectivity index (χ3v) is 7.59. The predicted molar refractivity (Wildman–Crippen MR) is 131 cm³/mol. The molecule has 1 N–H and O–H groups in total. The van der Waals surface area contributed by atoms with Crippen molar-refractivity contribution in [3.05, 3.63) is 72.1 Å². The lowest BCUT2D eigenvalue weighted by molar-refractivity contribution is -0.133. The van der Waals surface area contributed by atoms with Crippen LogP contribution in [0.25, 0.3) is 11.5 Å². The summed E-state index contributed by atoms with van der Waals surface area (Å²) in [7, 11) is 0. The number of nitrogens with one attached hydrogen (secondary N) is 1. The normalized spacial score (nSPS) is 24.6. The molecular weight excluding hydrogens is 426 g/mol. The van der Waals surface area contributed by atoms with Gasteiger partial charge in [-0.25, -0.2) is 0 Å². The summed E-state index contributed by atoms with van der Waals surface area (Å²) in [6.07, 6.45) is 6.57. The average molecular weight is 460 g/mol. The molecule has 1 saturated carbocycles. The van der Waals surface area contributed by atoms with E-state index in [1.165, 1.54) is 0 Å². The minimum Gasteiger partial charge on any atom is -0.463 e. The third kappa shape index (κ3) is 4.17. The molecule has 3 heterocycles. The van der Waals surface area contributed by atoms with Crippen LogP contribution in [-0.2, 0) is 17.8 Å². The highest BCUT2D eigenvalue weighted by Gasteiger charge is 2.48. The van der Waals surface area contributed by atoms with Crippen LogP contribution in [-0.4, -0.2) is 39.4 Å². The molecular formula is C28H33N3O3. The van der Waals surface area contributed by atoms with Gasteiger partial charge in [-0.15, -0.1) is 0 Å². The zero-order valence-corrected chi connectivity index (χ0v) is 20.0. The van der Waals surface area contributed by atoms with Crippen molar-refractivity contribution in [3.63, 3.8) is 0 Å². The summed E-state index contributed by atoms with van der Waals surface area (Å²) in [5.74, 6) is 1.22. The number of furan rings is 1. The highest BCUT2D eigenvalue weighted by molar-refractivity contribution is 6.00. The van der Waals surface area contributed by atoms with E-state index in [1.807, 2.05) is 54.0 Å². The Morgan fingerprint density at radius 2 is 1.76 bits per heavy atom. The standard InChI is InChI=1S/C28H33N3O3/c1-20-10-12-22(13-11-20)29-27(33)28(2)19-30-23(25-9-6-18-34-25)14-15-24(30)26(32)31(28)17-16-21-7-4-3-5-8-21/h3-9,14-15,18,20,22H,10-13,16-17,19H2,1-2H3,(H,29,33).